The van der Waals surface area contributed by atoms with E-state index in [4.69, 9.17) is 10.2 Å². The van der Waals surface area contributed by atoms with Crippen molar-refractivity contribution in [2.75, 3.05) is 26.3 Å². The minimum atomic E-state index is 0.121. The van der Waals surface area contributed by atoms with Crippen LogP contribution >= 0.6 is 11.3 Å². The van der Waals surface area contributed by atoms with Crippen LogP contribution in [0.4, 0.5) is 0 Å². The van der Waals surface area contributed by atoms with E-state index in [2.05, 4.69) is 29.7 Å². The molecular formula is C14H21NO2S. The van der Waals surface area contributed by atoms with E-state index in [-0.39, 0.29) is 13.2 Å². The number of hydrogen-bond donors (Lipinski definition) is 2. The maximum absolute atomic E-state index is 8.84. The first-order chi connectivity index (χ1) is 8.80. The quantitative estimate of drug-likeness (QED) is 0.739. The molecule has 4 heteroatoms. The van der Waals surface area contributed by atoms with Crippen LogP contribution < -0.4 is 0 Å². The third kappa shape index (κ3) is 5.65. The lowest BCUT2D eigenvalue weighted by Crippen LogP contribution is -2.24. The van der Waals surface area contributed by atoms with Gasteiger partial charge in [-0.3, -0.25) is 4.90 Å². The van der Waals surface area contributed by atoms with Crippen molar-refractivity contribution in [3.05, 3.63) is 21.9 Å². The molecule has 0 aromatic carbocycles. The third-order valence-corrected chi connectivity index (χ3v) is 3.55. The summed E-state index contributed by atoms with van der Waals surface area (Å²) in [4.78, 5) is 4.66. The molecule has 1 aromatic rings. The van der Waals surface area contributed by atoms with Gasteiger partial charge in [-0.1, -0.05) is 18.8 Å². The Morgan fingerprint density at radius 3 is 2.78 bits per heavy atom. The Morgan fingerprint density at radius 2 is 2.11 bits per heavy atom. The zero-order valence-electron chi connectivity index (χ0n) is 10.9. The van der Waals surface area contributed by atoms with Crippen LogP contribution in [0.1, 0.15) is 29.5 Å². The van der Waals surface area contributed by atoms with Crippen molar-refractivity contribution in [3.63, 3.8) is 0 Å². The van der Waals surface area contributed by atoms with Crippen molar-refractivity contribution in [2.24, 2.45) is 0 Å². The van der Waals surface area contributed by atoms with Crippen LogP contribution in [0.15, 0.2) is 12.1 Å². The van der Waals surface area contributed by atoms with Gasteiger partial charge in [-0.05, 0) is 25.1 Å². The summed E-state index contributed by atoms with van der Waals surface area (Å²) in [5, 5.41) is 17.5. The summed E-state index contributed by atoms with van der Waals surface area (Å²) >= 11 is 1.70. The first-order valence-electron chi connectivity index (χ1n) is 6.31. The first kappa shape index (κ1) is 15.2. The van der Waals surface area contributed by atoms with Crippen LogP contribution in [0.25, 0.3) is 0 Å². The Kier molecular flexibility index (Phi) is 7.70. The van der Waals surface area contributed by atoms with Crippen molar-refractivity contribution < 1.29 is 10.2 Å². The molecule has 0 amide bonds. The van der Waals surface area contributed by atoms with Crippen LogP contribution in [0.2, 0.25) is 0 Å². The van der Waals surface area contributed by atoms with Crippen LogP contribution in [0, 0.1) is 11.8 Å². The highest BCUT2D eigenvalue weighted by Crippen LogP contribution is 2.17. The van der Waals surface area contributed by atoms with Crippen LogP contribution in [0.3, 0.4) is 0 Å². The molecule has 1 rings (SSSR count). The number of nitrogens with zero attached hydrogens (tertiary/aromatic N) is 1. The fourth-order valence-electron chi connectivity index (χ4n) is 1.60. The summed E-state index contributed by atoms with van der Waals surface area (Å²) in [6.45, 7) is 5.34. The van der Waals surface area contributed by atoms with Gasteiger partial charge in [-0.25, -0.2) is 0 Å². The van der Waals surface area contributed by atoms with Gasteiger partial charge in [0.1, 0.15) is 0 Å². The third-order valence-electron chi connectivity index (χ3n) is 2.57. The Labute approximate surface area is 113 Å². The number of aliphatic hydroxyl groups is 2. The van der Waals surface area contributed by atoms with E-state index in [1.165, 1.54) is 4.88 Å². The molecule has 0 atom stereocenters. The number of hydrogen-bond acceptors (Lipinski definition) is 4. The Morgan fingerprint density at radius 1 is 1.28 bits per heavy atom. The van der Waals surface area contributed by atoms with Gasteiger partial charge < -0.3 is 10.2 Å². The standard InChI is InChI=1S/C14H21NO2S/c1-2-15(9-5-11-17)12-14-8-7-13(18-14)6-3-4-10-16/h7-8,16-17H,2,4-5,9-12H2,1H3. The number of rotatable bonds is 7. The van der Waals surface area contributed by atoms with Gasteiger partial charge in [0.2, 0.25) is 0 Å². The lowest BCUT2D eigenvalue weighted by atomic mass is 10.3. The zero-order chi connectivity index (χ0) is 13.2. The molecule has 0 aliphatic rings. The smallest absolute Gasteiger partial charge is 0.0771 e. The minimum Gasteiger partial charge on any atom is -0.396 e. The summed E-state index contributed by atoms with van der Waals surface area (Å²) in [5.74, 6) is 5.98. The first-order valence-corrected chi connectivity index (χ1v) is 7.13. The molecule has 0 aliphatic carbocycles. The highest BCUT2D eigenvalue weighted by atomic mass is 32.1. The fraction of sp³-hybridized carbons (Fsp3) is 0.571. The van der Waals surface area contributed by atoms with Gasteiger partial charge >= 0.3 is 0 Å². The van der Waals surface area contributed by atoms with E-state index < -0.39 is 0 Å². The number of thiophene rings is 1. The molecular weight excluding hydrogens is 246 g/mol. The predicted molar refractivity (Wildman–Crippen MR) is 75.6 cm³/mol. The van der Waals surface area contributed by atoms with Crippen molar-refractivity contribution in [1.29, 1.82) is 0 Å². The number of aliphatic hydroxyl groups excluding tert-OH is 2. The fourth-order valence-corrected chi connectivity index (χ4v) is 2.52. The van der Waals surface area contributed by atoms with Gasteiger partial charge in [0, 0.05) is 31.0 Å². The van der Waals surface area contributed by atoms with Crippen molar-refractivity contribution in [1.82, 2.24) is 4.90 Å². The summed E-state index contributed by atoms with van der Waals surface area (Å²) in [5.41, 5.74) is 0. The minimum absolute atomic E-state index is 0.121. The second-order valence-corrected chi connectivity index (χ2v) is 5.16. The Hall–Kier alpha value is -0.860. The summed E-state index contributed by atoms with van der Waals surface area (Å²) in [7, 11) is 0. The molecule has 0 aliphatic heterocycles. The van der Waals surface area contributed by atoms with E-state index in [1.807, 2.05) is 6.07 Å². The molecule has 18 heavy (non-hydrogen) atoms. The van der Waals surface area contributed by atoms with Crippen LogP contribution in [0.5, 0.6) is 0 Å². The molecule has 0 spiro atoms. The average molecular weight is 267 g/mol. The van der Waals surface area contributed by atoms with Crippen molar-refractivity contribution in [2.45, 2.75) is 26.3 Å². The van der Waals surface area contributed by atoms with Crippen LogP contribution in [-0.2, 0) is 6.54 Å². The summed E-state index contributed by atoms with van der Waals surface area (Å²) < 4.78 is 0. The van der Waals surface area contributed by atoms with Gasteiger partial charge in [0.25, 0.3) is 0 Å². The SMILES string of the molecule is CCN(CCCO)Cc1ccc(C#CCCO)s1. The molecule has 0 fully saturated rings. The van der Waals surface area contributed by atoms with E-state index in [9.17, 15) is 0 Å². The molecule has 1 aromatic heterocycles. The molecule has 0 bridgehead atoms. The van der Waals surface area contributed by atoms with E-state index in [0.717, 1.165) is 30.9 Å². The van der Waals surface area contributed by atoms with E-state index in [0.29, 0.717) is 6.42 Å². The lowest BCUT2D eigenvalue weighted by Gasteiger charge is -2.18. The topological polar surface area (TPSA) is 43.7 Å². The second-order valence-electron chi connectivity index (χ2n) is 3.99. The molecule has 0 radical (unpaired) electrons. The maximum Gasteiger partial charge on any atom is 0.0771 e. The van der Waals surface area contributed by atoms with Gasteiger partial charge in [-0.2, -0.15) is 0 Å². The van der Waals surface area contributed by atoms with Gasteiger partial charge in [-0.15, -0.1) is 11.3 Å². The lowest BCUT2D eigenvalue weighted by molar-refractivity contribution is 0.226. The normalized spacial score (nSPS) is 10.4. The average Bonchev–Trinajstić information content (AvgIpc) is 2.82. The van der Waals surface area contributed by atoms with E-state index in [1.54, 1.807) is 11.3 Å². The van der Waals surface area contributed by atoms with Crippen molar-refractivity contribution >= 4 is 11.3 Å². The zero-order valence-corrected chi connectivity index (χ0v) is 11.7. The second kappa shape index (κ2) is 9.12. The maximum atomic E-state index is 8.84. The molecule has 2 N–H and O–H groups in total. The molecule has 0 unspecified atom stereocenters. The van der Waals surface area contributed by atoms with Gasteiger partial charge in [0.15, 0.2) is 0 Å². The van der Waals surface area contributed by atoms with Crippen molar-refractivity contribution in [3.8, 4) is 11.8 Å². The molecule has 0 saturated carbocycles. The predicted octanol–water partition coefficient (Wildman–Crippen LogP) is 1.69. The molecule has 100 valence electrons. The Balaban J connectivity index is 2.49. The molecule has 3 nitrogen and oxygen atoms in total. The molecule has 1 heterocycles. The van der Waals surface area contributed by atoms with Gasteiger partial charge in [0.05, 0.1) is 11.5 Å². The van der Waals surface area contributed by atoms with E-state index >= 15 is 0 Å². The summed E-state index contributed by atoms with van der Waals surface area (Å²) in [6, 6.07) is 4.14. The Bertz CT molecular complexity index is 392. The summed E-state index contributed by atoms with van der Waals surface area (Å²) in [6.07, 6.45) is 1.35. The monoisotopic (exact) mass is 267 g/mol. The largest absolute Gasteiger partial charge is 0.396 e. The highest BCUT2D eigenvalue weighted by Gasteiger charge is 2.05. The molecule has 0 saturated heterocycles. The highest BCUT2D eigenvalue weighted by molar-refractivity contribution is 7.12. The van der Waals surface area contributed by atoms with Crippen LogP contribution in [-0.4, -0.2) is 41.4 Å².